The lowest BCUT2D eigenvalue weighted by atomic mass is 10.0. The molecule has 7 nitrogen and oxygen atoms in total. The summed E-state index contributed by atoms with van der Waals surface area (Å²) in [4.78, 5) is 22.9. The molecule has 2 heterocycles. The van der Waals surface area contributed by atoms with Gasteiger partial charge in [0.25, 0.3) is 15.9 Å². The van der Waals surface area contributed by atoms with E-state index < -0.39 is 27.9 Å². The number of amides is 1. The molecule has 0 saturated carbocycles. The molecule has 1 aromatic heterocycles. The highest BCUT2D eigenvalue weighted by molar-refractivity contribution is 7.91. The van der Waals surface area contributed by atoms with E-state index in [1.807, 2.05) is 0 Å². The fourth-order valence-electron chi connectivity index (χ4n) is 2.26. The second-order valence-electron chi connectivity index (χ2n) is 5.74. The van der Waals surface area contributed by atoms with Crippen LogP contribution < -0.4 is 5.32 Å². The van der Waals surface area contributed by atoms with Crippen molar-refractivity contribution in [3.8, 4) is 0 Å². The molecule has 9 heteroatoms. The van der Waals surface area contributed by atoms with Crippen LogP contribution in [0.3, 0.4) is 0 Å². The quantitative estimate of drug-likeness (QED) is 0.825. The standard InChI is InChI=1S/C14H20N2O5S2/c1-9-5-7-16(8-6-9)23(20,21)12-4-3-11(22-12)13(17)15-10(2)14(18)19/h3-4,9-10H,5-8H2,1-2H3,(H,15,17)(H,18,19)/t10-/m1/s1. The minimum Gasteiger partial charge on any atom is -0.480 e. The number of carbonyl (C=O) groups is 2. The molecule has 1 fully saturated rings. The third-order valence-electron chi connectivity index (χ3n) is 3.86. The van der Waals surface area contributed by atoms with Gasteiger partial charge in [0.05, 0.1) is 4.88 Å². The molecule has 1 saturated heterocycles. The van der Waals surface area contributed by atoms with Crippen molar-refractivity contribution >= 4 is 33.2 Å². The maximum Gasteiger partial charge on any atom is 0.325 e. The highest BCUT2D eigenvalue weighted by Crippen LogP contribution is 2.28. The molecule has 128 valence electrons. The van der Waals surface area contributed by atoms with E-state index >= 15 is 0 Å². The van der Waals surface area contributed by atoms with Gasteiger partial charge in [0.2, 0.25) is 0 Å². The van der Waals surface area contributed by atoms with Crippen LogP contribution in [0.5, 0.6) is 0 Å². The average molecular weight is 360 g/mol. The fraction of sp³-hybridized carbons (Fsp3) is 0.571. The van der Waals surface area contributed by atoms with Gasteiger partial charge in [-0.3, -0.25) is 9.59 Å². The van der Waals surface area contributed by atoms with Crippen molar-refractivity contribution in [2.45, 2.75) is 36.9 Å². The van der Waals surface area contributed by atoms with Crippen molar-refractivity contribution in [3.63, 3.8) is 0 Å². The van der Waals surface area contributed by atoms with Crippen molar-refractivity contribution in [3.05, 3.63) is 17.0 Å². The third kappa shape index (κ3) is 4.10. The van der Waals surface area contributed by atoms with Gasteiger partial charge in [-0.2, -0.15) is 4.31 Å². The van der Waals surface area contributed by atoms with Crippen LogP contribution in [0, 0.1) is 5.92 Å². The summed E-state index contributed by atoms with van der Waals surface area (Å²) >= 11 is 0.861. The Hall–Kier alpha value is -1.45. The number of hydrogen-bond acceptors (Lipinski definition) is 5. The van der Waals surface area contributed by atoms with Crippen molar-refractivity contribution in [1.82, 2.24) is 9.62 Å². The molecule has 0 unspecified atom stereocenters. The maximum absolute atomic E-state index is 12.6. The zero-order valence-electron chi connectivity index (χ0n) is 13.0. The van der Waals surface area contributed by atoms with Crippen LogP contribution in [0.1, 0.15) is 36.4 Å². The Morgan fingerprint density at radius 3 is 2.52 bits per heavy atom. The topological polar surface area (TPSA) is 104 Å². The zero-order chi connectivity index (χ0) is 17.2. The molecule has 0 radical (unpaired) electrons. The second kappa shape index (κ2) is 6.98. The molecular formula is C14H20N2O5S2. The van der Waals surface area contributed by atoms with Gasteiger partial charge in [-0.1, -0.05) is 6.92 Å². The molecule has 2 rings (SSSR count). The van der Waals surface area contributed by atoms with Gasteiger partial charge in [-0.25, -0.2) is 8.42 Å². The lowest BCUT2D eigenvalue weighted by molar-refractivity contribution is -0.138. The number of piperidine rings is 1. The number of aliphatic carboxylic acids is 1. The van der Waals surface area contributed by atoms with Crippen molar-refractivity contribution in [1.29, 1.82) is 0 Å². The molecule has 1 aliphatic rings. The number of nitrogens with zero attached hydrogens (tertiary/aromatic N) is 1. The third-order valence-corrected chi connectivity index (χ3v) is 7.31. The van der Waals surface area contributed by atoms with E-state index in [-0.39, 0.29) is 9.09 Å². The number of carboxylic acid groups (broad SMARTS) is 1. The Kier molecular flexibility index (Phi) is 5.43. The number of thiophene rings is 1. The Labute approximate surface area is 139 Å². The first-order chi connectivity index (χ1) is 10.7. The van der Waals surface area contributed by atoms with E-state index in [1.165, 1.54) is 23.4 Å². The lowest BCUT2D eigenvalue weighted by Crippen LogP contribution is -2.38. The predicted molar refractivity (Wildman–Crippen MR) is 86.0 cm³/mol. The highest BCUT2D eigenvalue weighted by Gasteiger charge is 2.30. The average Bonchev–Trinajstić information content (AvgIpc) is 2.98. The van der Waals surface area contributed by atoms with Crippen molar-refractivity contribution in [2.24, 2.45) is 5.92 Å². The Morgan fingerprint density at radius 2 is 1.96 bits per heavy atom. The normalized spacial score (nSPS) is 18.5. The van der Waals surface area contributed by atoms with Gasteiger partial charge >= 0.3 is 5.97 Å². The summed E-state index contributed by atoms with van der Waals surface area (Å²) in [6.45, 7) is 4.42. The molecular weight excluding hydrogens is 340 g/mol. The van der Waals surface area contributed by atoms with E-state index in [9.17, 15) is 18.0 Å². The SMILES string of the molecule is CC1CCN(S(=O)(=O)c2ccc(C(=O)N[C@H](C)C(=O)O)s2)CC1. The summed E-state index contributed by atoms with van der Waals surface area (Å²) in [5, 5.41) is 11.1. The molecule has 2 N–H and O–H groups in total. The predicted octanol–water partition coefficient (Wildman–Crippen LogP) is 1.37. The molecule has 23 heavy (non-hydrogen) atoms. The van der Waals surface area contributed by atoms with Crippen LogP contribution in [0.4, 0.5) is 0 Å². The Morgan fingerprint density at radius 1 is 1.35 bits per heavy atom. The van der Waals surface area contributed by atoms with Crippen LogP contribution in [0.15, 0.2) is 16.3 Å². The first kappa shape index (κ1) is 17.9. The van der Waals surface area contributed by atoms with Crippen LogP contribution in [-0.2, 0) is 14.8 Å². The molecule has 1 amide bonds. The fourth-order valence-corrected chi connectivity index (χ4v) is 5.10. The van der Waals surface area contributed by atoms with Crippen molar-refractivity contribution in [2.75, 3.05) is 13.1 Å². The number of carbonyl (C=O) groups excluding carboxylic acids is 1. The number of rotatable bonds is 5. The first-order valence-electron chi connectivity index (χ1n) is 7.35. The van der Waals surface area contributed by atoms with E-state index in [0.29, 0.717) is 19.0 Å². The van der Waals surface area contributed by atoms with E-state index in [0.717, 1.165) is 24.2 Å². The van der Waals surface area contributed by atoms with Crippen LogP contribution in [0.25, 0.3) is 0 Å². The smallest absolute Gasteiger partial charge is 0.325 e. The van der Waals surface area contributed by atoms with Gasteiger partial charge < -0.3 is 10.4 Å². The Bertz CT molecular complexity index is 690. The number of carboxylic acids is 1. The molecule has 0 aliphatic carbocycles. The minimum atomic E-state index is -3.59. The number of sulfonamides is 1. The van der Waals surface area contributed by atoms with Crippen LogP contribution in [-0.4, -0.2) is 48.8 Å². The summed E-state index contributed by atoms with van der Waals surface area (Å²) in [7, 11) is -3.59. The summed E-state index contributed by atoms with van der Waals surface area (Å²) in [5.41, 5.74) is 0. The van der Waals surface area contributed by atoms with Gasteiger partial charge in [0.1, 0.15) is 10.3 Å². The summed E-state index contributed by atoms with van der Waals surface area (Å²) in [6.07, 6.45) is 1.65. The molecule has 1 atom stereocenters. The van der Waals surface area contributed by atoms with Gasteiger partial charge in [-0.15, -0.1) is 11.3 Å². The van der Waals surface area contributed by atoms with Gasteiger partial charge in [-0.05, 0) is 37.8 Å². The molecule has 1 aromatic rings. The summed E-state index contributed by atoms with van der Waals surface area (Å²) in [5.74, 6) is -1.22. The lowest BCUT2D eigenvalue weighted by Gasteiger charge is -2.28. The molecule has 0 spiro atoms. The van der Waals surface area contributed by atoms with E-state index in [2.05, 4.69) is 12.2 Å². The molecule has 1 aliphatic heterocycles. The van der Waals surface area contributed by atoms with Crippen LogP contribution >= 0.6 is 11.3 Å². The second-order valence-corrected chi connectivity index (χ2v) is 8.99. The number of nitrogens with one attached hydrogen (secondary N) is 1. The maximum atomic E-state index is 12.6. The number of hydrogen-bond donors (Lipinski definition) is 2. The first-order valence-corrected chi connectivity index (χ1v) is 9.61. The summed E-state index contributed by atoms with van der Waals surface area (Å²) in [6, 6.07) is 1.78. The largest absolute Gasteiger partial charge is 0.480 e. The minimum absolute atomic E-state index is 0.111. The van der Waals surface area contributed by atoms with E-state index in [4.69, 9.17) is 5.11 Å². The summed E-state index contributed by atoms with van der Waals surface area (Å²) < 4.78 is 26.7. The zero-order valence-corrected chi connectivity index (χ0v) is 14.6. The highest BCUT2D eigenvalue weighted by atomic mass is 32.2. The Balaban J connectivity index is 2.12. The van der Waals surface area contributed by atoms with Gasteiger partial charge in [0.15, 0.2) is 0 Å². The van der Waals surface area contributed by atoms with Gasteiger partial charge in [0, 0.05) is 13.1 Å². The van der Waals surface area contributed by atoms with Crippen molar-refractivity contribution < 1.29 is 23.1 Å². The molecule has 0 aromatic carbocycles. The molecule has 0 bridgehead atoms. The van der Waals surface area contributed by atoms with E-state index in [1.54, 1.807) is 0 Å². The monoisotopic (exact) mass is 360 g/mol. The van der Waals surface area contributed by atoms with Crippen LogP contribution in [0.2, 0.25) is 0 Å².